The van der Waals surface area contributed by atoms with Crippen LogP contribution in [0.3, 0.4) is 0 Å². The number of hydrogen-bond acceptors (Lipinski definition) is 7. The van der Waals surface area contributed by atoms with Crippen LogP contribution in [0.5, 0.6) is 0 Å². The SMILES string of the molecule is Cc1ccc(CN2CCC3(CC2)CC(c2nnc(C(C)C)o2)N(CC(=O)N2CCCCC2)C3)o1. The van der Waals surface area contributed by atoms with Gasteiger partial charge in [0.1, 0.15) is 11.5 Å². The molecular formula is C26H39N5O3. The van der Waals surface area contributed by atoms with Gasteiger partial charge in [0.25, 0.3) is 0 Å². The average Bonchev–Trinajstić information content (AvgIpc) is 3.56. The first kappa shape index (κ1) is 23.5. The summed E-state index contributed by atoms with van der Waals surface area (Å²) in [6.07, 6.45) is 6.67. The summed E-state index contributed by atoms with van der Waals surface area (Å²) in [7, 11) is 0. The molecule has 2 aromatic heterocycles. The predicted octanol–water partition coefficient (Wildman–Crippen LogP) is 4.14. The summed E-state index contributed by atoms with van der Waals surface area (Å²) in [6.45, 7) is 12.2. The van der Waals surface area contributed by atoms with E-state index in [9.17, 15) is 4.79 Å². The number of piperidine rings is 2. The number of carbonyl (C=O) groups excluding carboxylic acids is 1. The van der Waals surface area contributed by atoms with Gasteiger partial charge in [0.2, 0.25) is 17.7 Å². The van der Waals surface area contributed by atoms with Crippen molar-refractivity contribution in [2.75, 3.05) is 39.3 Å². The van der Waals surface area contributed by atoms with Crippen LogP contribution in [0.1, 0.15) is 87.6 Å². The number of aryl methyl sites for hydroxylation is 1. The number of nitrogens with zero attached hydrogens (tertiary/aromatic N) is 5. The molecule has 0 radical (unpaired) electrons. The summed E-state index contributed by atoms with van der Waals surface area (Å²) in [4.78, 5) is 20.0. The minimum absolute atomic E-state index is 0.0213. The first-order valence-electron chi connectivity index (χ1n) is 13.0. The molecule has 5 heterocycles. The van der Waals surface area contributed by atoms with Crippen molar-refractivity contribution < 1.29 is 13.6 Å². The van der Waals surface area contributed by atoms with E-state index in [0.717, 1.165) is 82.9 Å². The van der Waals surface area contributed by atoms with Crippen LogP contribution in [0.25, 0.3) is 0 Å². The predicted molar refractivity (Wildman–Crippen MR) is 128 cm³/mol. The standard InChI is InChI=1S/C26H39N5O3/c1-19(2)24-27-28-25(34-24)22-15-26(18-31(22)17-23(32)30-11-5-4-6-12-30)9-13-29(14-10-26)16-21-8-7-20(3)33-21/h7-8,19,22H,4-6,9-18H2,1-3H3. The third-order valence-corrected chi connectivity index (χ3v) is 7.98. The van der Waals surface area contributed by atoms with Crippen LogP contribution in [-0.4, -0.2) is 70.1 Å². The molecule has 0 aromatic carbocycles. The van der Waals surface area contributed by atoms with E-state index in [1.165, 1.54) is 6.42 Å². The third kappa shape index (κ3) is 5.08. The normalized spacial score (nSPS) is 23.9. The number of aromatic nitrogens is 2. The lowest BCUT2D eigenvalue weighted by Crippen LogP contribution is -2.44. The van der Waals surface area contributed by atoms with E-state index in [1.807, 2.05) is 17.9 Å². The van der Waals surface area contributed by atoms with Crippen molar-refractivity contribution in [3.8, 4) is 0 Å². The molecule has 3 aliphatic heterocycles. The molecule has 1 unspecified atom stereocenters. The summed E-state index contributed by atoms with van der Waals surface area (Å²) >= 11 is 0. The lowest BCUT2D eigenvalue weighted by molar-refractivity contribution is -0.133. The van der Waals surface area contributed by atoms with E-state index in [0.29, 0.717) is 18.3 Å². The zero-order chi connectivity index (χ0) is 23.7. The summed E-state index contributed by atoms with van der Waals surface area (Å²) in [5, 5.41) is 8.74. The molecule has 3 aliphatic rings. The van der Waals surface area contributed by atoms with Gasteiger partial charge in [-0.3, -0.25) is 14.6 Å². The van der Waals surface area contributed by atoms with Gasteiger partial charge in [-0.15, -0.1) is 10.2 Å². The lowest BCUT2D eigenvalue weighted by atomic mass is 9.76. The number of rotatable bonds is 6. The van der Waals surface area contributed by atoms with Crippen molar-refractivity contribution in [1.29, 1.82) is 0 Å². The molecule has 8 heteroatoms. The van der Waals surface area contributed by atoms with E-state index in [-0.39, 0.29) is 23.3 Å². The van der Waals surface area contributed by atoms with Crippen LogP contribution in [0.2, 0.25) is 0 Å². The Morgan fingerprint density at radius 3 is 2.50 bits per heavy atom. The molecule has 0 bridgehead atoms. The lowest BCUT2D eigenvalue weighted by Gasteiger charge is -2.39. The Labute approximate surface area is 202 Å². The second-order valence-corrected chi connectivity index (χ2v) is 11.0. The molecule has 2 aromatic rings. The molecule has 5 rings (SSSR count). The molecule has 0 N–H and O–H groups in total. The number of carbonyl (C=O) groups is 1. The Morgan fingerprint density at radius 1 is 1.09 bits per heavy atom. The Morgan fingerprint density at radius 2 is 1.85 bits per heavy atom. The van der Waals surface area contributed by atoms with Gasteiger partial charge in [-0.1, -0.05) is 13.8 Å². The Kier molecular flexibility index (Phi) is 6.80. The van der Waals surface area contributed by atoms with Crippen LogP contribution in [0.4, 0.5) is 0 Å². The molecular weight excluding hydrogens is 430 g/mol. The minimum Gasteiger partial charge on any atom is -0.465 e. The van der Waals surface area contributed by atoms with Gasteiger partial charge in [-0.05, 0) is 76.1 Å². The van der Waals surface area contributed by atoms with Crippen LogP contribution in [0.15, 0.2) is 21.0 Å². The van der Waals surface area contributed by atoms with Gasteiger partial charge in [0.05, 0.1) is 19.1 Å². The monoisotopic (exact) mass is 469 g/mol. The van der Waals surface area contributed by atoms with Crippen molar-refractivity contribution >= 4 is 5.91 Å². The molecule has 3 saturated heterocycles. The first-order chi connectivity index (χ1) is 16.4. The summed E-state index contributed by atoms with van der Waals surface area (Å²) < 4.78 is 11.9. The van der Waals surface area contributed by atoms with Crippen molar-refractivity contribution in [2.45, 2.75) is 77.8 Å². The van der Waals surface area contributed by atoms with Crippen molar-refractivity contribution in [1.82, 2.24) is 24.9 Å². The van der Waals surface area contributed by atoms with E-state index >= 15 is 0 Å². The zero-order valence-electron chi connectivity index (χ0n) is 21.0. The highest BCUT2D eigenvalue weighted by atomic mass is 16.4. The smallest absolute Gasteiger partial charge is 0.236 e. The average molecular weight is 470 g/mol. The summed E-state index contributed by atoms with van der Waals surface area (Å²) in [5.74, 6) is 3.82. The molecule has 186 valence electrons. The molecule has 3 fully saturated rings. The minimum atomic E-state index is 0.0213. The highest BCUT2D eigenvalue weighted by Crippen LogP contribution is 2.49. The van der Waals surface area contributed by atoms with Crippen molar-refractivity contribution in [2.24, 2.45) is 5.41 Å². The quantitative estimate of drug-likeness (QED) is 0.629. The van der Waals surface area contributed by atoms with E-state index in [2.05, 4.69) is 39.9 Å². The van der Waals surface area contributed by atoms with Crippen molar-refractivity contribution in [3.63, 3.8) is 0 Å². The molecule has 1 amide bonds. The largest absolute Gasteiger partial charge is 0.465 e. The number of furan rings is 1. The fourth-order valence-corrected chi connectivity index (χ4v) is 5.92. The van der Waals surface area contributed by atoms with Gasteiger partial charge < -0.3 is 13.7 Å². The van der Waals surface area contributed by atoms with E-state index in [4.69, 9.17) is 8.83 Å². The fraction of sp³-hybridized carbons (Fsp3) is 0.731. The Balaban J connectivity index is 1.28. The maximum absolute atomic E-state index is 13.2. The topological polar surface area (TPSA) is 78.9 Å². The second kappa shape index (κ2) is 9.82. The molecule has 8 nitrogen and oxygen atoms in total. The van der Waals surface area contributed by atoms with Crippen LogP contribution in [-0.2, 0) is 11.3 Å². The van der Waals surface area contributed by atoms with Gasteiger partial charge >= 0.3 is 0 Å². The maximum atomic E-state index is 13.2. The zero-order valence-corrected chi connectivity index (χ0v) is 21.0. The third-order valence-electron chi connectivity index (χ3n) is 7.98. The fourth-order valence-electron chi connectivity index (χ4n) is 5.92. The molecule has 0 aliphatic carbocycles. The first-order valence-corrected chi connectivity index (χ1v) is 13.0. The number of hydrogen-bond donors (Lipinski definition) is 0. The summed E-state index contributed by atoms with van der Waals surface area (Å²) in [5.41, 5.74) is 0.189. The van der Waals surface area contributed by atoms with Crippen LogP contribution in [0, 0.1) is 12.3 Å². The van der Waals surface area contributed by atoms with E-state index in [1.54, 1.807) is 0 Å². The molecule has 1 spiro atoms. The molecule has 1 atom stereocenters. The van der Waals surface area contributed by atoms with Crippen LogP contribution < -0.4 is 0 Å². The van der Waals surface area contributed by atoms with Gasteiger partial charge in [-0.2, -0.15) is 0 Å². The Bertz CT molecular complexity index is 969. The molecule has 0 saturated carbocycles. The number of likely N-dealkylation sites (tertiary alicyclic amines) is 3. The van der Waals surface area contributed by atoms with Crippen molar-refractivity contribution in [3.05, 3.63) is 35.4 Å². The highest BCUT2D eigenvalue weighted by Gasteiger charge is 2.48. The highest BCUT2D eigenvalue weighted by molar-refractivity contribution is 5.78. The number of amides is 1. The van der Waals surface area contributed by atoms with Crippen LogP contribution >= 0.6 is 0 Å². The second-order valence-electron chi connectivity index (χ2n) is 11.0. The summed E-state index contributed by atoms with van der Waals surface area (Å²) in [6, 6.07) is 4.14. The maximum Gasteiger partial charge on any atom is 0.236 e. The van der Waals surface area contributed by atoms with Gasteiger partial charge in [0.15, 0.2) is 0 Å². The van der Waals surface area contributed by atoms with Gasteiger partial charge in [0, 0.05) is 25.6 Å². The molecule has 34 heavy (non-hydrogen) atoms. The van der Waals surface area contributed by atoms with Gasteiger partial charge in [-0.25, -0.2) is 0 Å². The Hall–Kier alpha value is -2.19. The van der Waals surface area contributed by atoms with E-state index < -0.39 is 0 Å².